The summed E-state index contributed by atoms with van der Waals surface area (Å²) in [5.74, 6) is -0.228. The Hall–Kier alpha value is -1.62. The second kappa shape index (κ2) is 5.17. The molecule has 0 radical (unpaired) electrons. The predicted molar refractivity (Wildman–Crippen MR) is 77.0 cm³/mol. The maximum absolute atomic E-state index is 12.2. The largest absolute Gasteiger partial charge is 0.399 e. The van der Waals surface area contributed by atoms with Crippen LogP contribution in [-0.4, -0.2) is 30.6 Å². The number of hydrogen-bond donors (Lipinski definition) is 0. The molecule has 1 aromatic rings. The van der Waals surface area contributed by atoms with Crippen LogP contribution in [0.1, 0.15) is 16.8 Å². The molecule has 102 valence electrons. The molecule has 1 atom stereocenters. The Morgan fingerprint density at radius 1 is 1.37 bits per heavy atom. The standard InChI is InChI=1S/C14H19NO3Si/c1-19(2,3)10-12-9-13(15(17)18-12)14(16)11-7-5-4-6-8-11/h4-8,12H,9-10H2,1-3H3. The van der Waals surface area contributed by atoms with E-state index in [0.29, 0.717) is 16.9 Å². The zero-order chi connectivity index (χ0) is 14.0. The molecule has 1 aliphatic rings. The van der Waals surface area contributed by atoms with E-state index in [0.717, 1.165) is 6.04 Å². The summed E-state index contributed by atoms with van der Waals surface area (Å²) in [5, 5.41) is 11.7. The minimum atomic E-state index is -1.31. The van der Waals surface area contributed by atoms with Gasteiger partial charge in [-0.2, -0.15) is 0 Å². The van der Waals surface area contributed by atoms with E-state index in [4.69, 9.17) is 4.84 Å². The van der Waals surface area contributed by atoms with Crippen molar-refractivity contribution in [2.75, 3.05) is 0 Å². The Morgan fingerprint density at radius 2 is 2.00 bits per heavy atom. The van der Waals surface area contributed by atoms with E-state index in [1.807, 2.05) is 6.07 Å². The number of rotatable bonds is 4. The molecular weight excluding hydrogens is 258 g/mol. The molecule has 1 heterocycles. The summed E-state index contributed by atoms with van der Waals surface area (Å²) in [6, 6.07) is 9.74. The average Bonchev–Trinajstić information content (AvgIpc) is 2.68. The van der Waals surface area contributed by atoms with Gasteiger partial charge in [-0.1, -0.05) is 50.0 Å². The smallest absolute Gasteiger partial charge is 0.293 e. The molecular formula is C14H19NO3Si. The van der Waals surface area contributed by atoms with E-state index < -0.39 is 8.07 Å². The molecule has 4 nitrogen and oxygen atoms in total. The number of nitrogens with zero attached hydrogens (tertiary/aromatic N) is 1. The van der Waals surface area contributed by atoms with Crippen LogP contribution in [0.5, 0.6) is 0 Å². The molecule has 0 spiro atoms. The molecule has 19 heavy (non-hydrogen) atoms. The fraction of sp³-hybridized carbons (Fsp3) is 0.429. The normalized spacial score (nSPS) is 19.4. The second-order valence-corrected chi connectivity index (χ2v) is 11.6. The Bertz CT molecular complexity index is 505. The lowest BCUT2D eigenvalue weighted by atomic mass is 10.0. The van der Waals surface area contributed by atoms with E-state index in [1.165, 1.54) is 0 Å². The number of carbonyl (C=O) groups excluding carboxylic acids is 1. The number of benzene rings is 1. The summed E-state index contributed by atoms with van der Waals surface area (Å²) < 4.78 is 0. The van der Waals surface area contributed by atoms with Crippen LogP contribution in [-0.2, 0) is 4.84 Å². The predicted octanol–water partition coefficient (Wildman–Crippen LogP) is 2.86. The van der Waals surface area contributed by atoms with Gasteiger partial charge >= 0.3 is 0 Å². The number of Topliss-reactive ketones (excluding diaryl/α,β-unsaturated/α-hetero) is 1. The average molecular weight is 277 g/mol. The molecule has 1 aromatic carbocycles. The van der Waals surface area contributed by atoms with Gasteiger partial charge in [0.1, 0.15) is 0 Å². The summed E-state index contributed by atoms with van der Waals surface area (Å²) >= 11 is 0. The van der Waals surface area contributed by atoms with Crippen LogP contribution < -0.4 is 0 Å². The zero-order valence-corrected chi connectivity index (χ0v) is 12.6. The summed E-state index contributed by atoms with van der Waals surface area (Å²) in [5.41, 5.74) is 0.755. The van der Waals surface area contributed by atoms with E-state index in [-0.39, 0.29) is 17.6 Å². The van der Waals surface area contributed by atoms with Crippen molar-refractivity contribution in [1.29, 1.82) is 0 Å². The fourth-order valence-electron chi connectivity index (χ4n) is 2.25. The molecule has 0 aromatic heterocycles. The quantitative estimate of drug-likeness (QED) is 0.483. The first-order valence-corrected chi connectivity index (χ1v) is 10.2. The first-order valence-electron chi connectivity index (χ1n) is 6.46. The van der Waals surface area contributed by atoms with Gasteiger partial charge in [-0.05, 0) is 6.04 Å². The lowest BCUT2D eigenvalue weighted by Gasteiger charge is -2.20. The summed E-state index contributed by atoms with van der Waals surface area (Å²) in [6.07, 6.45) is 0.272. The lowest BCUT2D eigenvalue weighted by Crippen LogP contribution is -2.27. The number of ketones is 1. The maximum Gasteiger partial charge on any atom is 0.293 e. The van der Waals surface area contributed by atoms with E-state index >= 15 is 0 Å². The molecule has 0 saturated heterocycles. The SMILES string of the molecule is C[Si](C)(C)CC1CC(C(=O)c2ccccc2)=[N+]([O-])O1. The second-order valence-electron chi connectivity index (χ2n) is 6.10. The number of hydrogen-bond acceptors (Lipinski definition) is 3. The van der Waals surface area contributed by atoms with E-state index in [2.05, 4.69) is 19.6 Å². The minimum Gasteiger partial charge on any atom is -0.399 e. The summed E-state index contributed by atoms with van der Waals surface area (Å²) in [7, 11) is -1.31. The molecule has 0 saturated carbocycles. The topological polar surface area (TPSA) is 52.4 Å². The third-order valence-corrected chi connectivity index (χ3v) is 4.70. The minimum absolute atomic E-state index is 0.146. The fourth-order valence-corrected chi connectivity index (χ4v) is 3.84. The molecule has 1 aliphatic heterocycles. The van der Waals surface area contributed by atoms with Gasteiger partial charge in [0, 0.05) is 18.5 Å². The van der Waals surface area contributed by atoms with Crippen molar-refractivity contribution in [2.45, 2.75) is 38.2 Å². The van der Waals surface area contributed by atoms with Crippen LogP contribution in [0.25, 0.3) is 0 Å². The van der Waals surface area contributed by atoms with Gasteiger partial charge in [0.2, 0.25) is 0 Å². The van der Waals surface area contributed by atoms with Gasteiger partial charge in [0.25, 0.3) is 11.5 Å². The van der Waals surface area contributed by atoms with Crippen LogP contribution >= 0.6 is 0 Å². The first kappa shape index (κ1) is 13.8. The van der Waals surface area contributed by atoms with Crippen LogP contribution in [0, 0.1) is 5.21 Å². The van der Waals surface area contributed by atoms with Crippen molar-refractivity contribution in [2.24, 2.45) is 0 Å². The van der Waals surface area contributed by atoms with Crippen molar-refractivity contribution in [3.05, 3.63) is 41.1 Å². The highest BCUT2D eigenvalue weighted by Gasteiger charge is 2.36. The van der Waals surface area contributed by atoms with Crippen molar-refractivity contribution < 1.29 is 14.5 Å². The van der Waals surface area contributed by atoms with Crippen molar-refractivity contribution in [1.82, 2.24) is 0 Å². The van der Waals surface area contributed by atoms with Gasteiger partial charge in [-0.25, -0.2) is 0 Å². The summed E-state index contributed by atoms with van der Waals surface area (Å²) in [4.78, 5) is 17.9. The molecule has 5 heteroatoms. The molecule has 2 rings (SSSR count). The molecule has 0 amide bonds. The zero-order valence-electron chi connectivity index (χ0n) is 11.6. The molecule has 0 aliphatic carbocycles. The highest BCUT2D eigenvalue weighted by atomic mass is 28.3. The maximum atomic E-state index is 12.2. The van der Waals surface area contributed by atoms with Gasteiger partial charge in [-0.3, -0.25) is 10.0 Å². The van der Waals surface area contributed by atoms with Gasteiger partial charge in [-0.15, -0.1) is 0 Å². The van der Waals surface area contributed by atoms with Gasteiger partial charge in [0.15, 0.2) is 0 Å². The van der Waals surface area contributed by atoms with Gasteiger partial charge in [0.05, 0.1) is 12.5 Å². The Balaban J connectivity index is 2.10. The van der Waals surface area contributed by atoms with Crippen LogP contribution in [0.2, 0.25) is 25.7 Å². The monoisotopic (exact) mass is 277 g/mol. The first-order chi connectivity index (χ1) is 8.87. The van der Waals surface area contributed by atoms with Crippen molar-refractivity contribution >= 4 is 19.6 Å². The molecule has 1 unspecified atom stereocenters. The van der Waals surface area contributed by atoms with Crippen molar-refractivity contribution in [3.8, 4) is 0 Å². The molecule has 0 fully saturated rings. The van der Waals surface area contributed by atoms with Crippen molar-refractivity contribution in [3.63, 3.8) is 0 Å². The van der Waals surface area contributed by atoms with Crippen LogP contribution in [0.15, 0.2) is 30.3 Å². The molecule has 0 bridgehead atoms. The Kier molecular flexibility index (Phi) is 3.75. The highest BCUT2D eigenvalue weighted by molar-refractivity contribution is 6.76. The molecule has 0 N–H and O–H groups in total. The Labute approximate surface area is 114 Å². The Morgan fingerprint density at radius 3 is 2.58 bits per heavy atom. The van der Waals surface area contributed by atoms with E-state index in [1.54, 1.807) is 24.3 Å². The third-order valence-electron chi connectivity index (χ3n) is 3.02. The van der Waals surface area contributed by atoms with Gasteiger partial charge < -0.3 is 4.84 Å². The number of carbonyl (C=O) groups is 1. The van der Waals surface area contributed by atoms with Crippen LogP contribution in [0.4, 0.5) is 0 Å². The lowest BCUT2D eigenvalue weighted by molar-refractivity contribution is -0.739. The van der Waals surface area contributed by atoms with Crippen LogP contribution in [0.3, 0.4) is 0 Å². The van der Waals surface area contributed by atoms with E-state index in [9.17, 15) is 10.0 Å². The summed E-state index contributed by atoms with van der Waals surface area (Å²) in [6.45, 7) is 6.67. The highest BCUT2D eigenvalue weighted by Crippen LogP contribution is 2.22. The third kappa shape index (κ3) is 3.44.